The number of benzene rings is 1. The minimum Gasteiger partial charge on any atom is -0.469 e. The zero-order valence-electron chi connectivity index (χ0n) is 11.5. The molecule has 0 aliphatic carbocycles. The van der Waals surface area contributed by atoms with Crippen LogP contribution in [-0.2, 0) is 0 Å². The smallest absolute Gasteiger partial charge is 0.274 e. The van der Waals surface area contributed by atoms with Crippen molar-refractivity contribution in [3.05, 3.63) is 63.6 Å². The lowest BCUT2D eigenvalue weighted by Crippen LogP contribution is -2.19. The molecule has 0 spiro atoms. The maximum atomic E-state index is 11.8. The van der Waals surface area contributed by atoms with Gasteiger partial charge in [0.25, 0.3) is 11.6 Å². The molecule has 0 saturated carbocycles. The number of nitro benzene ring substituents is 1. The number of nitrogens with zero attached hydrogens (tertiary/aromatic N) is 2. The fourth-order valence-electron chi connectivity index (χ4n) is 1.70. The first kappa shape index (κ1) is 14.4. The number of nitrogens with one attached hydrogen (secondary N) is 1. The lowest BCUT2D eigenvalue weighted by Gasteiger charge is -2.02. The Balaban J connectivity index is 2.09. The molecule has 1 aromatic carbocycles. The highest BCUT2D eigenvalue weighted by molar-refractivity contribution is 6.01. The van der Waals surface area contributed by atoms with Crippen LogP contribution in [0, 0.1) is 17.0 Å². The topological polar surface area (TPSA) is 97.7 Å². The summed E-state index contributed by atoms with van der Waals surface area (Å²) in [5.41, 5.74) is 4.06. The molecule has 0 saturated heterocycles. The van der Waals surface area contributed by atoms with Crippen LogP contribution in [0.3, 0.4) is 0 Å². The number of hydrazone groups is 1. The fraction of sp³-hybridized carbons (Fsp3) is 0.143. The van der Waals surface area contributed by atoms with Gasteiger partial charge in [-0.2, -0.15) is 5.10 Å². The highest BCUT2D eigenvalue weighted by Crippen LogP contribution is 2.12. The molecule has 0 bridgehead atoms. The molecule has 108 valence electrons. The van der Waals surface area contributed by atoms with Crippen LogP contribution in [0.2, 0.25) is 0 Å². The van der Waals surface area contributed by atoms with Crippen molar-refractivity contribution >= 4 is 17.3 Å². The highest BCUT2D eigenvalue weighted by atomic mass is 16.6. The molecule has 0 radical (unpaired) electrons. The van der Waals surface area contributed by atoms with E-state index in [1.165, 1.54) is 18.4 Å². The molecule has 1 heterocycles. The van der Waals surface area contributed by atoms with Crippen molar-refractivity contribution in [3.63, 3.8) is 0 Å². The van der Waals surface area contributed by atoms with Gasteiger partial charge in [-0.25, -0.2) is 5.43 Å². The van der Waals surface area contributed by atoms with E-state index < -0.39 is 4.92 Å². The zero-order chi connectivity index (χ0) is 15.4. The Morgan fingerprint density at radius 3 is 2.48 bits per heavy atom. The Hall–Kier alpha value is -2.96. The van der Waals surface area contributed by atoms with E-state index in [2.05, 4.69) is 10.5 Å². The van der Waals surface area contributed by atoms with Gasteiger partial charge in [-0.1, -0.05) is 0 Å². The molecule has 2 rings (SSSR count). The normalized spacial score (nSPS) is 11.2. The van der Waals surface area contributed by atoms with Crippen LogP contribution in [0.4, 0.5) is 5.69 Å². The second-order valence-electron chi connectivity index (χ2n) is 4.33. The van der Waals surface area contributed by atoms with Gasteiger partial charge in [0.05, 0.1) is 22.5 Å². The number of hydrogen-bond donors (Lipinski definition) is 1. The minimum absolute atomic E-state index is 0.00427. The molecule has 7 heteroatoms. The molecule has 7 nitrogen and oxygen atoms in total. The van der Waals surface area contributed by atoms with Gasteiger partial charge in [-0.15, -0.1) is 0 Å². The molecule has 1 aromatic heterocycles. The summed E-state index contributed by atoms with van der Waals surface area (Å²) in [6.45, 7) is 3.38. The van der Waals surface area contributed by atoms with E-state index in [1.54, 1.807) is 32.0 Å². The number of rotatable bonds is 4. The highest BCUT2D eigenvalue weighted by Gasteiger charge is 2.11. The maximum Gasteiger partial charge on any atom is 0.274 e. The summed E-state index contributed by atoms with van der Waals surface area (Å²) >= 11 is 0. The minimum atomic E-state index is -0.473. The lowest BCUT2D eigenvalue weighted by molar-refractivity contribution is -0.384. The first-order valence-corrected chi connectivity index (χ1v) is 6.12. The van der Waals surface area contributed by atoms with Crippen LogP contribution in [0.5, 0.6) is 0 Å². The van der Waals surface area contributed by atoms with Gasteiger partial charge in [-0.3, -0.25) is 14.9 Å². The van der Waals surface area contributed by atoms with Crippen LogP contribution in [0.25, 0.3) is 0 Å². The van der Waals surface area contributed by atoms with Gasteiger partial charge in [0.2, 0.25) is 0 Å². The second-order valence-corrected chi connectivity index (χ2v) is 4.33. The van der Waals surface area contributed by atoms with E-state index >= 15 is 0 Å². The Bertz CT molecular complexity index is 701. The van der Waals surface area contributed by atoms with E-state index in [-0.39, 0.29) is 11.6 Å². The molecule has 21 heavy (non-hydrogen) atoms. The number of nitro groups is 1. The van der Waals surface area contributed by atoms with Gasteiger partial charge in [-0.05, 0) is 37.6 Å². The van der Waals surface area contributed by atoms with Gasteiger partial charge in [0.1, 0.15) is 5.76 Å². The van der Waals surface area contributed by atoms with Crippen LogP contribution >= 0.6 is 0 Å². The largest absolute Gasteiger partial charge is 0.469 e. The summed E-state index contributed by atoms with van der Waals surface area (Å²) in [4.78, 5) is 21.9. The van der Waals surface area contributed by atoms with Crippen LogP contribution in [0.1, 0.15) is 28.6 Å². The van der Waals surface area contributed by atoms with Crippen molar-refractivity contribution in [1.82, 2.24) is 5.43 Å². The molecular formula is C14H13N3O4. The number of furan rings is 1. The predicted octanol–water partition coefficient (Wildman–Crippen LogP) is 2.65. The Labute approximate surface area is 120 Å². The van der Waals surface area contributed by atoms with Crippen molar-refractivity contribution in [2.75, 3.05) is 0 Å². The third kappa shape index (κ3) is 3.33. The van der Waals surface area contributed by atoms with Gasteiger partial charge >= 0.3 is 0 Å². The third-order valence-corrected chi connectivity index (χ3v) is 2.92. The summed E-state index contributed by atoms with van der Waals surface area (Å²) in [6, 6.07) is 7.48. The first-order chi connectivity index (χ1) is 9.99. The summed E-state index contributed by atoms with van der Waals surface area (Å²) in [7, 11) is 0. The Morgan fingerprint density at radius 2 is 1.95 bits per heavy atom. The molecule has 1 amide bonds. The number of amides is 1. The molecule has 0 atom stereocenters. The van der Waals surface area contributed by atoms with Crippen LogP contribution in [-0.4, -0.2) is 16.5 Å². The monoisotopic (exact) mass is 287 g/mol. The van der Waals surface area contributed by atoms with Gasteiger partial charge < -0.3 is 4.42 Å². The van der Waals surface area contributed by atoms with Crippen LogP contribution < -0.4 is 5.43 Å². The quantitative estimate of drug-likeness (QED) is 0.531. The standard InChI is InChI=1S/C14H13N3O4/c1-9(11-3-5-12(6-4-11)17(19)20)15-16-14(18)13-7-8-21-10(13)2/h3-8H,1-2H3,(H,16,18). The van der Waals surface area contributed by atoms with Crippen molar-refractivity contribution in [2.24, 2.45) is 5.10 Å². The first-order valence-electron chi connectivity index (χ1n) is 6.12. The number of carbonyl (C=O) groups excluding carboxylic acids is 1. The second kappa shape index (κ2) is 6.00. The average molecular weight is 287 g/mol. The maximum absolute atomic E-state index is 11.8. The van der Waals surface area contributed by atoms with Gasteiger partial charge in [0.15, 0.2) is 0 Å². The zero-order valence-corrected chi connectivity index (χ0v) is 11.5. The average Bonchev–Trinajstić information content (AvgIpc) is 2.90. The summed E-state index contributed by atoms with van der Waals surface area (Å²) < 4.78 is 5.04. The summed E-state index contributed by atoms with van der Waals surface area (Å²) in [6.07, 6.45) is 1.43. The number of aryl methyl sites for hydroxylation is 1. The van der Waals surface area contributed by atoms with Gasteiger partial charge in [0, 0.05) is 12.1 Å². The third-order valence-electron chi connectivity index (χ3n) is 2.92. The number of non-ortho nitro benzene ring substituents is 1. The van der Waals surface area contributed by atoms with E-state index in [9.17, 15) is 14.9 Å². The Morgan fingerprint density at radius 1 is 1.29 bits per heavy atom. The summed E-state index contributed by atoms with van der Waals surface area (Å²) in [5, 5.41) is 14.5. The molecule has 0 unspecified atom stereocenters. The lowest BCUT2D eigenvalue weighted by atomic mass is 10.1. The van der Waals surface area contributed by atoms with Crippen molar-refractivity contribution < 1.29 is 14.1 Å². The van der Waals surface area contributed by atoms with E-state index in [4.69, 9.17) is 4.42 Å². The molecule has 1 N–H and O–H groups in total. The molecule has 0 fully saturated rings. The van der Waals surface area contributed by atoms with Crippen molar-refractivity contribution in [3.8, 4) is 0 Å². The van der Waals surface area contributed by atoms with Crippen molar-refractivity contribution in [1.29, 1.82) is 0 Å². The predicted molar refractivity (Wildman–Crippen MR) is 76.2 cm³/mol. The van der Waals surface area contributed by atoms with E-state index in [1.807, 2.05) is 0 Å². The molecule has 2 aromatic rings. The SMILES string of the molecule is CC(=NNC(=O)c1ccoc1C)c1ccc([N+](=O)[O-])cc1. The van der Waals surface area contributed by atoms with E-state index in [0.29, 0.717) is 22.6 Å². The fourth-order valence-corrected chi connectivity index (χ4v) is 1.70. The number of carbonyl (C=O) groups is 1. The van der Waals surface area contributed by atoms with Crippen molar-refractivity contribution in [2.45, 2.75) is 13.8 Å². The van der Waals surface area contributed by atoms with E-state index in [0.717, 1.165) is 0 Å². The molecular weight excluding hydrogens is 274 g/mol. The van der Waals surface area contributed by atoms with Crippen LogP contribution in [0.15, 0.2) is 46.1 Å². The Kier molecular flexibility index (Phi) is 4.13. The molecule has 0 aliphatic heterocycles. The summed E-state index contributed by atoms with van der Waals surface area (Å²) in [5.74, 6) is 0.137. The molecule has 0 aliphatic rings. The number of hydrogen-bond acceptors (Lipinski definition) is 5.